The van der Waals surface area contributed by atoms with Gasteiger partial charge in [-0.25, -0.2) is 0 Å². The van der Waals surface area contributed by atoms with Crippen molar-refractivity contribution in [3.05, 3.63) is 132 Å². The van der Waals surface area contributed by atoms with E-state index in [2.05, 4.69) is 16.4 Å². The molecule has 202 valence electrons. The summed E-state index contributed by atoms with van der Waals surface area (Å²) in [6, 6.07) is 31.9. The summed E-state index contributed by atoms with van der Waals surface area (Å²) in [5.41, 5.74) is 4.22. The molecular formula is C34H32N2O4. The van der Waals surface area contributed by atoms with Crippen molar-refractivity contribution in [2.24, 2.45) is 0 Å². The van der Waals surface area contributed by atoms with Crippen LogP contribution in [0.3, 0.4) is 0 Å². The zero-order chi connectivity index (χ0) is 27.6. The van der Waals surface area contributed by atoms with Crippen molar-refractivity contribution >= 4 is 22.6 Å². The molecule has 6 nitrogen and oxygen atoms in total. The Morgan fingerprint density at radius 2 is 1.23 bits per heavy atom. The molecule has 6 heteroatoms. The second-order valence-corrected chi connectivity index (χ2v) is 9.51. The lowest BCUT2D eigenvalue weighted by atomic mass is 10.0. The molecule has 4 aromatic carbocycles. The van der Waals surface area contributed by atoms with Crippen LogP contribution in [0.5, 0.6) is 11.5 Å². The van der Waals surface area contributed by atoms with Gasteiger partial charge in [0.25, 0.3) is 5.91 Å². The summed E-state index contributed by atoms with van der Waals surface area (Å²) in [6.45, 7) is 1.69. The first kappa shape index (κ1) is 26.8. The summed E-state index contributed by atoms with van der Waals surface area (Å²) >= 11 is 0. The van der Waals surface area contributed by atoms with Crippen LogP contribution in [0.4, 0.5) is 0 Å². The Kier molecular flexibility index (Phi) is 8.89. The maximum Gasteiger partial charge on any atom is 0.251 e. The quantitative estimate of drug-likeness (QED) is 0.132. The van der Waals surface area contributed by atoms with E-state index in [1.54, 1.807) is 24.3 Å². The predicted molar refractivity (Wildman–Crippen MR) is 157 cm³/mol. The van der Waals surface area contributed by atoms with E-state index in [9.17, 15) is 9.59 Å². The maximum absolute atomic E-state index is 12.5. The third-order valence-corrected chi connectivity index (χ3v) is 6.70. The SMILES string of the molecule is O=C(NCCc1c[nH]c2ccccc12)c1ccc(OCCCCOc2ccc(C(=O)c3ccccc3)cc2)cc1. The van der Waals surface area contributed by atoms with E-state index in [1.165, 1.54) is 10.9 Å². The second-order valence-electron chi connectivity index (χ2n) is 9.51. The highest BCUT2D eigenvalue weighted by Gasteiger charge is 2.09. The van der Waals surface area contributed by atoms with Crippen LogP contribution in [0.15, 0.2) is 109 Å². The van der Waals surface area contributed by atoms with Gasteiger partial charge in [0, 0.05) is 40.3 Å². The number of benzene rings is 4. The predicted octanol–water partition coefficient (Wildman–Crippen LogP) is 6.61. The van der Waals surface area contributed by atoms with Gasteiger partial charge >= 0.3 is 0 Å². The number of para-hydroxylation sites is 1. The number of ketones is 1. The number of nitrogens with one attached hydrogen (secondary N) is 2. The monoisotopic (exact) mass is 532 g/mol. The summed E-state index contributed by atoms with van der Waals surface area (Å²) in [7, 11) is 0. The molecule has 1 aromatic heterocycles. The molecule has 1 heterocycles. The number of carbonyl (C=O) groups is 2. The van der Waals surface area contributed by atoms with Gasteiger partial charge in [0.2, 0.25) is 0 Å². The Balaban J connectivity index is 0.971. The minimum atomic E-state index is -0.0963. The van der Waals surface area contributed by atoms with Gasteiger partial charge in [-0.2, -0.15) is 0 Å². The van der Waals surface area contributed by atoms with Crippen LogP contribution in [0.1, 0.15) is 44.7 Å². The number of fused-ring (bicyclic) bond motifs is 1. The average molecular weight is 533 g/mol. The fourth-order valence-electron chi connectivity index (χ4n) is 4.50. The minimum absolute atomic E-state index is 0.000542. The molecule has 0 spiro atoms. The molecule has 5 aromatic rings. The highest BCUT2D eigenvalue weighted by Crippen LogP contribution is 2.19. The Labute approximate surface area is 234 Å². The van der Waals surface area contributed by atoms with Crippen LogP contribution in [0.2, 0.25) is 0 Å². The summed E-state index contributed by atoms with van der Waals surface area (Å²) in [4.78, 5) is 28.3. The number of carbonyl (C=O) groups excluding carboxylic acids is 2. The number of hydrogen-bond donors (Lipinski definition) is 2. The first-order chi connectivity index (χ1) is 19.7. The summed E-state index contributed by atoms with van der Waals surface area (Å²) in [5, 5.41) is 4.18. The number of aromatic amines is 1. The molecule has 1 amide bonds. The molecule has 0 aliphatic carbocycles. The van der Waals surface area contributed by atoms with Crippen molar-refractivity contribution in [1.82, 2.24) is 10.3 Å². The highest BCUT2D eigenvalue weighted by molar-refractivity contribution is 6.09. The van der Waals surface area contributed by atoms with Gasteiger partial charge in [0.1, 0.15) is 11.5 Å². The molecule has 0 unspecified atom stereocenters. The van der Waals surface area contributed by atoms with E-state index in [4.69, 9.17) is 9.47 Å². The Bertz CT molecular complexity index is 1540. The third-order valence-electron chi connectivity index (χ3n) is 6.70. The first-order valence-corrected chi connectivity index (χ1v) is 13.6. The average Bonchev–Trinajstić information content (AvgIpc) is 3.42. The molecule has 0 fully saturated rings. The van der Waals surface area contributed by atoms with Crippen molar-refractivity contribution < 1.29 is 19.1 Å². The zero-order valence-corrected chi connectivity index (χ0v) is 22.3. The number of hydrogen-bond acceptors (Lipinski definition) is 4. The van der Waals surface area contributed by atoms with Crippen LogP contribution < -0.4 is 14.8 Å². The van der Waals surface area contributed by atoms with Gasteiger partial charge < -0.3 is 19.8 Å². The molecule has 0 atom stereocenters. The van der Waals surface area contributed by atoms with Crippen LogP contribution in [0.25, 0.3) is 10.9 Å². The fraction of sp³-hybridized carbons (Fsp3) is 0.176. The van der Waals surface area contributed by atoms with Gasteiger partial charge in [0.15, 0.2) is 5.78 Å². The van der Waals surface area contributed by atoms with Crippen LogP contribution in [-0.2, 0) is 6.42 Å². The van der Waals surface area contributed by atoms with E-state index in [0.29, 0.717) is 36.4 Å². The van der Waals surface area contributed by atoms with Gasteiger partial charge in [-0.1, -0.05) is 48.5 Å². The number of aromatic nitrogens is 1. The Hall–Kier alpha value is -4.84. The van der Waals surface area contributed by atoms with Crippen LogP contribution >= 0.6 is 0 Å². The summed E-state index contributed by atoms with van der Waals surface area (Å²) in [5.74, 6) is 1.37. The normalized spacial score (nSPS) is 10.8. The lowest BCUT2D eigenvalue weighted by Crippen LogP contribution is -2.25. The van der Waals surface area contributed by atoms with Gasteiger partial charge in [0.05, 0.1) is 13.2 Å². The van der Waals surface area contributed by atoms with E-state index in [1.807, 2.05) is 79.0 Å². The molecule has 0 aliphatic heterocycles. The van der Waals surface area contributed by atoms with E-state index >= 15 is 0 Å². The van der Waals surface area contributed by atoms with E-state index in [-0.39, 0.29) is 11.7 Å². The maximum atomic E-state index is 12.5. The summed E-state index contributed by atoms with van der Waals surface area (Å²) < 4.78 is 11.6. The fourth-order valence-corrected chi connectivity index (χ4v) is 4.50. The smallest absolute Gasteiger partial charge is 0.251 e. The third kappa shape index (κ3) is 6.97. The summed E-state index contributed by atoms with van der Waals surface area (Å²) in [6.07, 6.45) is 4.44. The lowest BCUT2D eigenvalue weighted by molar-refractivity contribution is 0.0953. The van der Waals surface area contributed by atoms with Gasteiger partial charge in [-0.15, -0.1) is 0 Å². The second kappa shape index (κ2) is 13.3. The molecule has 0 saturated heterocycles. The lowest BCUT2D eigenvalue weighted by Gasteiger charge is -2.09. The topological polar surface area (TPSA) is 80.4 Å². The Morgan fingerprint density at radius 1 is 0.650 bits per heavy atom. The van der Waals surface area contributed by atoms with Crippen molar-refractivity contribution in [1.29, 1.82) is 0 Å². The number of unbranched alkanes of at least 4 members (excludes halogenated alkanes) is 1. The van der Waals surface area contributed by atoms with E-state index in [0.717, 1.165) is 36.3 Å². The van der Waals surface area contributed by atoms with Gasteiger partial charge in [-0.3, -0.25) is 9.59 Å². The first-order valence-electron chi connectivity index (χ1n) is 13.6. The molecule has 0 radical (unpaired) electrons. The van der Waals surface area contributed by atoms with Crippen molar-refractivity contribution in [3.8, 4) is 11.5 Å². The van der Waals surface area contributed by atoms with Gasteiger partial charge in [-0.05, 0) is 79.4 Å². The molecule has 2 N–H and O–H groups in total. The highest BCUT2D eigenvalue weighted by atomic mass is 16.5. The molecular weight excluding hydrogens is 500 g/mol. The molecule has 0 aliphatic rings. The van der Waals surface area contributed by atoms with E-state index < -0.39 is 0 Å². The standard InChI is InChI=1S/C34H32N2O4/c37-33(25-8-2-1-3-9-25)26-12-16-29(17-13-26)39-22-6-7-23-40-30-18-14-27(15-19-30)34(38)35-21-20-28-24-36-32-11-5-4-10-31(28)32/h1-5,8-19,24,36H,6-7,20-23H2,(H,35,38). The van der Waals surface area contributed by atoms with Crippen molar-refractivity contribution in [2.45, 2.75) is 19.3 Å². The Morgan fingerprint density at radius 3 is 1.90 bits per heavy atom. The molecule has 5 rings (SSSR count). The molecule has 0 bridgehead atoms. The largest absolute Gasteiger partial charge is 0.494 e. The van der Waals surface area contributed by atoms with Crippen molar-refractivity contribution in [3.63, 3.8) is 0 Å². The zero-order valence-electron chi connectivity index (χ0n) is 22.3. The molecule has 0 saturated carbocycles. The van der Waals surface area contributed by atoms with Crippen LogP contribution in [-0.4, -0.2) is 36.4 Å². The van der Waals surface area contributed by atoms with Crippen molar-refractivity contribution in [2.75, 3.05) is 19.8 Å². The minimum Gasteiger partial charge on any atom is -0.494 e. The number of rotatable bonds is 13. The molecule has 40 heavy (non-hydrogen) atoms. The number of ether oxygens (including phenoxy) is 2. The number of H-pyrrole nitrogens is 1. The van der Waals surface area contributed by atoms with Crippen LogP contribution in [0, 0.1) is 0 Å². The number of amides is 1.